The van der Waals surface area contributed by atoms with Crippen molar-refractivity contribution in [1.29, 1.82) is 0 Å². The van der Waals surface area contributed by atoms with Crippen LogP contribution in [-0.2, 0) is 21.5 Å². The molecule has 2 unspecified atom stereocenters. The molecular formula is C12H14F2O3S. The van der Waals surface area contributed by atoms with Gasteiger partial charge in [0.05, 0.1) is 11.7 Å². The van der Waals surface area contributed by atoms with Crippen molar-refractivity contribution in [1.82, 2.24) is 0 Å². The first kappa shape index (κ1) is 14.8. The Labute approximate surface area is 106 Å². The summed E-state index contributed by atoms with van der Waals surface area (Å²) in [5.74, 6) is -6.35. The van der Waals surface area contributed by atoms with Crippen molar-refractivity contribution in [3.63, 3.8) is 0 Å². The lowest BCUT2D eigenvalue weighted by Crippen LogP contribution is -2.27. The summed E-state index contributed by atoms with van der Waals surface area (Å²) in [6.45, 7) is 1.35. The van der Waals surface area contributed by atoms with E-state index in [0.717, 1.165) is 0 Å². The molecule has 0 bridgehead atoms. The topological polar surface area (TPSA) is 54.4 Å². The van der Waals surface area contributed by atoms with E-state index in [4.69, 9.17) is 5.11 Å². The monoisotopic (exact) mass is 276 g/mol. The van der Waals surface area contributed by atoms with Gasteiger partial charge < -0.3 is 5.11 Å². The number of carboxylic acids is 1. The summed E-state index contributed by atoms with van der Waals surface area (Å²) in [7, 11) is -1.87. The van der Waals surface area contributed by atoms with E-state index in [1.165, 1.54) is 31.2 Å². The van der Waals surface area contributed by atoms with Crippen molar-refractivity contribution in [2.75, 3.05) is 11.5 Å². The van der Waals surface area contributed by atoms with Gasteiger partial charge in [-0.2, -0.15) is 0 Å². The number of halogens is 2. The van der Waals surface area contributed by atoms with Gasteiger partial charge in [0, 0.05) is 22.1 Å². The van der Waals surface area contributed by atoms with Gasteiger partial charge in [-0.25, -0.2) is 8.78 Å². The van der Waals surface area contributed by atoms with Crippen molar-refractivity contribution in [2.24, 2.45) is 5.92 Å². The van der Waals surface area contributed by atoms with Crippen LogP contribution in [0.5, 0.6) is 0 Å². The Balaban J connectivity index is 2.66. The summed E-state index contributed by atoms with van der Waals surface area (Å²) >= 11 is 0. The predicted molar refractivity (Wildman–Crippen MR) is 65.0 cm³/mol. The number of aliphatic carboxylic acids is 1. The summed E-state index contributed by atoms with van der Waals surface area (Å²) in [5, 5.41) is 8.62. The number of carbonyl (C=O) groups is 1. The maximum Gasteiger partial charge on any atom is 0.307 e. The predicted octanol–water partition coefficient (Wildman–Crippen LogP) is 2.25. The largest absolute Gasteiger partial charge is 0.481 e. The van der Waals surface area contributed by atoms with Crippen molar-refractivity contribution in [3.8, 4) is 0 Å². The smallest absolute Gasteiger partial charge is 0.307 e. The fourth-order valence-corrected chi connectivity index (χ4v) is 2.77. The molecule has 0 heterocycles. The van der Waals surface area contributed by atoms with E-state index in [2.05, 4.69) is 0 Å². The van der Waals surface area contributed by atoms with Gasteiger partial charge in [-0.15, -0.1) is 0 Å². The molecule has 2 atom stereocenters. The van der Waals surface area contributed by atoms with Crippen LogP contribution in [0.3, 0.4) is 0 Å². The van der Waals surface area contributed by atoms with Crippen LogP contribution in [0, 0.1) is 5.92 Å². The van der Waals surface area contributed by atoms with Crippen LogP contribution in [0.25, 0.3) is 0 Å². The van der Waals surface area contributed by atoms with Crippen LogP contribution in [0.4, 0.5) is 8.78 Å². The zero-order valence-electron chi connectivity index (χ0n) is 9.81. The lowest BCUT2D eigenvalue weighted by Gasteiger charge is -2.16. The minimum Gasteiger partial charge on any atom is -0.481 e. The minimum absolute atomic E-state index is 0.207. The fraction of sp³-hybridized carbons (Fsp3) is 0.417. The standard InChI is InChI=1S/C12H14F2O3S/c1-9(11(15)16)7-18(17)8-12(13,14)10-5-3-2-4-6-10/h2-6,9H,7-8H2,1H3,(H,15,16). The number of carboxylic acid groups (broad SMARTS) is 1. The van der Waals surface area contributed by atoms with E-state index >= 15 is 0 Å². The zero-order chi connectivity index (χ0) is 13.8. The second kappa shape index (κ2) is 6.04. The molecule has 1 aromatic carbocycles. The van der Waals surface area contributed by atoms with Gasteiger partial charge in [-0.3, -0.25) is 9.00 Å². The average molecular weight is 276 g/mol. The molecule has 100 valence electrons. The molecule has 0 aliphatic carbocycles. The molecule has 0 aromatic heterocycles. The Morgan fingerprint density at radius 3 is 2.44 bits per heavy atom. The van der Waals surface area contributed by atoms with Gasteiger partial charge in [-0.1, -0.05) is 37.3 Å². The summed E-state index contributed by atoms with van der Waals surface area (Å²) in [6.07, 6.45) is 0. The molecule has 0 saturated heterocycles. The van der Waals surface area contributed by atoms with Gasteiger partial charge >= 0.3 is 5.97 Å². The summed E-state index contributed by atoms with van der Waals surface area (Å²) in [5.41, 5.74) is -0.207. The Morgan fingerprint density at radius 1 is 1.39 bits per heavy atom. The molecule has 3 nitrogen and oxygen atoms in total. The second-order valence-corrected chi connectivity index (χ2v) is 5.56. The molecule has 6 heteroatoms. The molecule has 1 N–H and O–H groups in total. The minimum atomic E-state index is -3.20. The van der Waals surface area contributed by atoms with E-state index in [-0.39, 0.29) is 11.3 Å². The third-order valence-corrected chi connectivity index (χ3v) is 3.95. The van der Waals surface area contributed by atoms with Crippen LogP contribution < -0.4 is 0 Å². The van der Waals surface area contributed by atoms with Gasteiger partial charge in [0.15, 0.2) is 0 Å². The van der Waals surface area contributed by atoms with Crippen LogP contribution in [0.15, 0.2) is 30.3 Å². The van der Waals surface area contributed by atoms with Crippen LogP contribution in [-0.4, -0.2) is 26.8 Å². The van der Waals surface area contributed by atoms with E-state index in [0.29, 0.717) is 0 Å². The highest BCUT2D eigenvalue weighted by molar-refractivity contribution is 7.85. The molecule has 0 spiro atoms. The van der Waals surface area contributed by atoms with Gasteiger partial charge in [0.1, 0.15) is 0 Å². The number of rotatable bonds is 6. The Morgan fingerprint density at radius 2 is 1.94 bits per heavy atom. The van der Waals surface area contributed by atoms with Crippen molar-refractivity contribution in [3.05, 3.63) is 35.9 Å². The van der Waals surface area contributed by atoms with Crippen molar-refractivity contribution in [2.45, 2.75) is 12.8 Å². The average Bonchev–Trinajstić information content (AvgIpc) is 2.29. The molecule has 1 rings (SSSR count). The highest BCUT2D eigenvalue weighted by Crippen LogP contribution is 2.28. The first-order valence-corrected chi connectivity index (χ1v) is 6.83. The Bertz CT molecular complexity index is 434. The normalized spacial score (nSPS) is 15.1. The molecule has 0 amide bonds. The van der Waals surface area contributed by atoms with E-state index in [1.807, 2.05) is 0 Å². The van der Waals surface area contributed by atoms with Crippen molar-refractivity contribution < 1.29 is 22.9 Å². The highest BCUT2D eigenvalue weighted by atomic mass is 32.2. The summed E-state index contributed by atoms with van der Waals surface area (Å²) < 4.78 is 38.9. The van der Waals surface area contributed by atoms with Gasteiger partial charge in [-0.05, 0) is 0 Å². The summed E-state index contributed by atoms with van der Waals surface area (Å²) in [6, 6.07) is 7.09. The third-order valence-electron chi connectivity index (χ3n) is 2.40. The second-order valence-electron chi connectivity index (χ2n) is 4.06. The van der Waals surface area contributed by atoms with E-state index in [9.17, 15) is 17.8 Å². The quantitative estimate of drug-likeness (QED) is 0.867. The highest BCUT2D eigenvalue weighted by Gasteiger charge is 2.34. The SMILES string of the molecule is CC(CS(=O)CC(F)(F)c1ccccc1)C(=O)O. The number of alkyl halides is 2. The van der Waals surface area contributed by atoms with Gasteiger partial charge in [0.25, 0.3) is 5.92 Å². The first-order chi connectivity index (χ1) is 8.33. The fourth-order valence-electron chi connectivity index (χ4n) is 1.38. The Kier molecular flexibility index (Phi) is 4.95. The first-order valence-electron chi connectivity index (χ1n) is 5.34. The molecular weight excluding hydrogens is 262 g/mol. The Hall–Kier alpha value is -1.30. The molecule has 18 heavy (non-hydrogen) atoms. The number of benzene rings is 1. The molecule has 0 aliphatic heterocycles. The lowest BCUT2D eigenvalue weighted by atomic mass is 10.1. The van der Waals surface area contributed by atoms with E-state index in [1.54, 1.807) is 6.07 Å². The van der Waals surface area contributed by atoms with E-state index < -0.39 is 34.4 Å². The van der Waals surface area contributed by atoms with Crippen LogP contribution >= 0.6 is 0 Å². The molecule has 0 radical (unpaired) electrons. The number of hydrogen-bond acceptors (Lipinski definition) is 2. The van der Waals surface area contributed by atoms with Crippen molar-refractivity contribution >= 4 is 16.8 Å². The van der Waals surface area contributed by atoms with Gasteiger partial charge in [0.2, 0.25) is 0 Å². The molecule has 0 aliphatic rings. The third kappa shape index (κ3) is 4.18. The molecule has 1 aromatic rings. The molecule has 0 fully saturated rings. The number of hydrogen-bond donors (Lipinski definition) is 1. The maximum absolute atomic E-state index is 13.7. The van der Waals surface area contributed by atoms with Crippen LogP contribution in [0.1, 0.15) is 12.5 Å². The molecule has 0 saturated carbocycles. The maximum atomic E-state index is 13.7. The van der Waals surface area contributed by atoms with Crippen LogP contribution in [0.2, 0.25) is 0 Å². The zero-order valence-corrected chi connectivity index (χ0v) is 10.6. The lowest BCUT2D eigenvalue weighted by molar-refractivity contribution is -0.140. The summed E-state index contributed by atoms with van der Waals surface area (Å²) in [4.78, 5) is 10.5.